The van der Waals surface area contributed by atoms with E-state index in [1.807, 2.05) is 35.0 Å². The number of imide groups is 1. The van der Waals surface area contributed by atoms with Gasteiger partial charge in [-0.2, -0.15) is 0 Å². The van der Waals surface area contributed by atoms with Crippen molar-refractivity contribution in [3.63, 3.8) is 0 Å². The van der Waals surface area contributed by atoms with Gasteiger partial charge in [0.05, 0.1) is 11.1 Å². The summed E-state index contributed by atoms with van der Waals surface area (Å²) < 4.78 is 0. The predicted molar refractivity (Wildman–Crippen MR) is 68.6 cm³/mol. The lowest BCUT2D eigenvalue weighted by Gasteiger charge is -1.98. The van der Waals surface area contributed by atoms with E-state index in [1.165, 1.54) is 22.7 Å². The lowest BCUT2D eigenvalue weighted by Crippen LogP contribution is -2.22. The van der Waals surface area contributed by atoms with Gasteiger partial charge in [-0.25, -0.2) is 0 Å². The van der Waals surface area contributed by atoms with Crippen molar-refractivity contribution in [2.24, 2.45) is 0 Å². The van der Waals surface area contributed by atoms with Gasteiger partial charge in [-0.05, 0) is 22.9 Å². The number of carbonyl (C=O) groups is 2. The molecule has 0 aliphatic carbocycles. The van der Waals surface area contributed by atoms with E-state index in [2.05, 4.69) is 5.32 Å². The summed E-state index contributed by atoms with van der Waals surface area (Å²) in [4.78, 5) is 25.3. The molecule has 5 heteroatoms. The maximum atomic E-state index is 11.8. The molecule has 0 atom stereocenters. The summed E-state index contributed by atoms with van der Waals surface area (Å²) >= 11 is 2.92. The molecular weight excluding hydrogens is 254 g/mol. The van der Waals surface area contributed by atoms with E-state index in [-0.39, 0.29) is 11.8 Å². The largest absolute Gasteiger partial charge is 0.288 e. The van der Waals surface area contributed by atoms with Crippen LogP contribution in [0.25, 0.3) is 11.1 Å². The van der Waals surface area contributed by atoms with Gasteiger partial charge in [0.2, 0.25) is 0 Å². The van der Waals surface area contributed by atoms with Crippen molar-refractivity contribution in [1.82, 2.24) is 5.32 Å². The van der Waals surface area contributed by atoms with Crippen LogP contribution in [0.1, 0.15) is 9.75 Å². The number of nitrogens with one attached hydrogen (secondary N) is 1. The highest BCUT2D eigenvalue weighted by Crippen LogP contribution is 2.34. The summed E-state index contributed by atoms with van der Waals surface area (Å²) in [6.45, 7) is 0. The SMILES string of the molecule is O=C1NC(=O)C(c2cccs2)=C1c1cccs1. The highest BCUT2D eigenvalue weighted by Gasteiger charge is 2.32. The third-order valence-electron chi connectivity index (χ3n) is 2.47. The Morgan fingerprint density at radius 3 is 1.65 bits per heavy atom. The van der Waals surface area contributed by atoms with Crippen LogP contribution in [0, 0.1) is 0 Å². The van der Waals surface area contributed by atoms with Gasteiger partial charge in [0.15, 0.2) is 0 Å². The maximum absolute atomic E-state index is 11.8. The van der Waals surface area contributed by atoms with Crippen molar-refractivity contribution < 1.29 is 9.59 Å². The summed E-state index contributed by atoms with van der Waals surface area (Å²) in [5.41, 5.74) is 0.986. The molecule has 1 N–H and O–H groups in total. The third kappa shape index (κ3) is 1.64. The van der Waals surface area contributed by atoms with Gasteiger partial charge < -0.3 is 0 Å². The fourth-order valence-corrected chi connectivity index (χ4v) is 3.31. The lowest BCUT2D eigenvalue weighted by atomic mass is 10.1. The van der Waals surface area contributed by atoms with Crippen LogP contribution in [0.4, 0.5) is 0 Å². The first-order valence-electron chi connectivity index (χ1n) is 4.95. The van der Waals surface area contributed by atoms with E-state index in [4.69, 9.17) is 0 Å². The second-order valence-corrected chi connectivity index (χ2v) is 5.38. The number of carbonyl (C=O) groups excluding carboxylic acids is 2. The van der Waals surface area contributed by atoms with Gasteiger partial charge in [0, 0.05) is 9.75 Å². The molecule has 3 nitrogen and oxygen atoms in total. The molecule has 84 valence electrons. The Balaban J connectivity index is 2.24. The van der Waals surface area contributed by atoms with Crippen LogP contribution in [0.15, 0.2) is 35.0 Å². The number of amides is 2. The quantitative estimate of drug-likeness (QED) is 0.844. The zero-order valence-electron chi connectivity index (χ0n) is 8.60. The van der Waals surface area contributed by atoms with E-state index in [9.17, 15) is 9.59 Å². The number of hydrogen-bond acceptors (Lipinski definition) is 4. The van der Waals surface area contributed by atoms with Crippen LogP contribution in [-0.4, -0.2) is 11.8 Å². The normalized spacial score (nSPS) is 15.5. The first-order chi connectivity index (χ1) is 8.27. The highest BCUT2D eigenvalue weighted by atomic mass is 32.1. The Morgan fingerprint density at radius 2 is 1.29 bits per heavy atom. The lowest BCUT2D eigenvalue weighted by molar-refractivity contribution is -0.122. The maximum Gasteiger partial charge on any atom is 0.260 e. The fraction of sp³-hybridized carbons (Fsp3) is 0. The zero-order chi connectivity index (χ0) is 11.8. The van der Waals surface area contributed by atoms with Gasteiger partial charge >= 0.3 is 0 Å². The van der Waals surface area contributed by atoms with Crippen LogP contribution in [0.3, 0.4) is 0 Å². The number of hydrogen-bond donors (Lipinski definition) is 1. The van der Waals surface area contributed by atoms with E-state index < -0.39 is 0 Å². The van der Waals surface area contributed by atoms with Gasteiger partial charge in [0.1, 0.15) is 0 Å². The molecule has 0 saturated carbocycles. The minimum atomic E-state index is -0.305. The summed E-state index contributed by atoms with van der Waals surface area (Å²) in [6, 6.07) is 7.45. The second kappa shape index (κ2) is 3.94. The van der Waals surface area contributed by atoms with Crippen molar-refractivity contribution in [2.45, 2.75) is 0 Å². The first-order valence-corrected chi connectivity index (χ1v) is 6.71. The molecule has 0 unspecified atom stereocenters. The Hall–Kier alpha value is -1.72. The predicted octanol–water partition coefficient (Wildman–Crippen LogP) is 2.38. The fourth-order valence-electron chi connectivity index (χ4n) is 1.77. The minimum Gasteiger partial charge on any atom is -0.288 e. The van der Waals surface area contributed by atoms with Crippen molar-refractivity contribution >= 4 is 45.6 Å². The van der Waals surface area contributed by atoms with Crippen molar-refractivity contribution in [1.29, 1.82) is 0 Å². The topological polar surface area (TPSA) is 46.2 Å². The molecule has 3 heterocycles. The molecule has 0 spiro atoms. The molecule has 0 aromatic carbocycles. The molecule has 0 radical (unpaired) electrons. The average molecular weight is 261 g/mol. The molecule has 0 bridgehead atoms. The standard InChI is InChI=1S/C12H7NO2S2/c14-11-9(7-3-1-5-16-7)10(12(15)13-11)8-4-2-6-17-8/h1-6H,(H,13,14,15). The molecule has 17 heavy (non-hydrogen) atoms. The Labute approximate surface area is 105 Å². The number of rotatable bonds is 2. The second-order valence-electron chi connectivity index (χ2n) is 3.49. The summed E-state index contributed by atoms with van der Waals surface area (Å²) in [7, 11) is 0. The monoisotopic (exact) mass is 261 g/mol. The van der Waals surface area contributed by atoms with E-state index >= 15 is 0 Å². The molecule has 3 rings (SSSR count). The van der Waals surface area contributed by atoms with Crippen LogP contribution < -0.4 is 5.32 Å². The Kier molecular flexibility index (Phi) is 2.42. The zero-order valence-corrected chi connectivity index (χ0v) is 10.2. The summed E-state index contributed by atoms with van der Waals surface area (Å²) in [5.74, 6) is -0.610. The molecule has 1 aliphatic rings. The van der Waals surface area contributed by atoms with Crippen LogP contribution in [0.2, 0.25) is 0 Å². The third-order valence-corrected chi connectivity index (χ3v) is 4.24. The van der Waals surface area contributed by atoms with Crippen molar-refractivity contribution in [2.75, 3.05) is 0 Å². The van der Waals surface area contributed by atoms with Gasteiger partial charge in [-0.3, -0.25) is 14.9 Å². The molecule has 0 fully saturated rings. The van der Waals surface area contributed by atoms with Crippen molar-refractivity contribution in [3.05, 3.63) is 44.8 Å². The summed E-state index contributed by atoms with van der Waals surface area (Å²) in [5, 5.41) is 6.14. The van der Waals surface area contributed by atoms with E-state index in [0.29, 0.717) is 11.1 Å². The average Bonchev–Trinajstić information content (AvgIpc) is 2.98. The summed E-state index contributed by atoms with van der Waals surface area (Å²) in [6.07, 6.45) is 0. The van der Waals surface area contributed by atoms with E-state index in [1.54, 1.807) is 0 Å². The Bertz CT molecular complexity index is 555. The molecule has 2 amide bonds. The molecule has 1 aliphatic heterocycles. The number of thiophene rings is 2. The van der Waals surface area contributed by atoms with Crippen molar-refractivity contribution in [3.8, 4) is 0 Å². The van der Waals surface area contributed by atoms with Crippen LogP contribution >= 0.6 is 22.7 Å². The van der Waals surface area contributed by atoms with E-state index in [0.717, 1.165) is 9.75 Å². The van der Waals surface area contributed by atoms with Crippen LogP contribution in [-0.2, 0) is 9.59 Å². The molecule has 2 aromatic rings. The molecule has 2 aromatic heterocycles. The van der Waals surface area contributed by atoms with Gasteiger partial charge in [-0.15, -0.1) is 22.7 Å². The highest BCUT2D eigenvalue weighted by molar-refractivity contribution is 7.13. The molecular formula is C12H7NO2S2. The van der Waals surface area contributed by atoms with Gasteiger partial charge in [0.25, 0.3) is 11.8 Å². The first kappa shape index (κ1) is 10.4. The van der Waals surface area contributed by atoms with Gasteiger partial charge in [-0.1, -0.05) is 12.1 Å². The smallest absolute Gasteiger partial charge is 0.260 e. The molecule has 0 saturated heterocycles. The van der Waals surface area contributed by atoms with Crippen LogP contribution in [0.5, 0.6) is 0 Å². The minimum absolute atomic E-state index is 0.305. The Morgan fingerprint density at radius 1 is 0.824 bits per heavy atom.